The highest BCUT2D eigenvalue weighted by molar-refractivity contribution is 5.81. The van der Waals surface area contributed by atoms with Crippen LogP contribution in [-0.4, -0.2) is 33.6 Å². The van der Waals surface area contributed by atoms with Gasteiger partial charge in [-0.1, -0.05) is 60.7 Å². The molecule has 138 valence electrons. The summed E-state index contributed by atoms with van der Waals surface area (Å²) in [6, 6.07) is 20.3. The summed E-state index contributed by atoms with van der Waals surface area (Å²) < 4.78 is 0. The van der Waals surface area contributed by atoms with Crippen LogP contribution < -0.4 is 5.73 Å². The molecule has 5 heteroatoms. The molecule has 1 atom stereocenters. The quantitative estimate of drug-likeness (QED) is 0.751. The normalized spacial score (nSPS) is 14.9. The van der Waals surface area contributed by atoms with Gasteiger partial charge in [0.05, 0.1) is 17.7 Å². The number of carbonyl (C=O) groups excluding carboxylic acids is 1. The number of nitrogens with zero attached hydrogens (tertiary/aromatic N) is 2. The molecule has 0 aliphatic carbocycles. The lowest BCUT2D eigenvalue weighted by Crippen LogP contribution is -2.44. The van der Waals surface area contributed by atoms with Crippen LogP contribution in [0.5, 0.6) is 0 Å². The lowest BCUT2D eigenvalue weighted by molar-refractivity contribution is -0.133. The third-order valence-electron chi connectivity index (χ3n) is 5.21. The Morgan fingerprint density at radius 3 is 2.22 bits per heavy atom. The largest absolute Gasteiger partial charge is 0.337 e. The van der Waals surface area contributed by atoms with E-state index < -0.39 is 6.04 Å². The number of nitrogens with two attached hydrogens (primary N) is 1. The highest BCUT2D eigenvalue weighted by Gasteiger charge is 2.30. The van der Waals surface area contributed by atoms with Gasteiger partial charge in [0.1, 0.15) is 0 Å². The third-order valence-corrected chi connectivity index (χ3v) is 5.21. The van der Waals surface area contributed by atoms with Gasteiger partial charge in [0.25, 0.3) is 0 Å². The summed E-state index contributed by atoms with van der Waals surface area (Å²) in [5.74, 6) is 0.0153. The second-order valence-electron chi connectivity index (χ2n) is 7.12. The van der Waals surface area contributed by atoms with E-state index in [0.29, 0.717) is 13.1 Å². The maximum atomic E-state index is 12.4. The molecule has 0 unspecified atom stereocenters. The number of carbonyl (C=O) groups is 1. The zero-order chi connectivity index (χ0) is 18.8. The summed E-state index contributed by atoms with van der Waals surface area (Å²) in [5.41, 5.74) is 11.4. The van der Waals surface area contributed by atoms with Crippen LogP contribution in [0.25, 0.3) is 0 Å². The Morgan fingerprint density at radius 1 is 1.07 bits per heavy atom. The van der Waals surface area contributed by atoms with Gasteiger partial charge in [0, 0.05) is 30.8 Å². The second-order valence-corrected chi connectivity index (χ2v) is 7.12. The van der Waals surface area contributed by atoms with E-state index in [1.165, 1.54) is 11.1 Å². The Morgan fingerprint density at radius 2 is 1.67 bits per heavy atom. The zero-order valence-corrected chi connectivity index (χ0v) is 15.4. The van der Waals surface area contributed by atoms with E-state index >= 15 is 0 Å². The minimum Gasteiger partial charge on any atom is -0.337 e. The minimum absolute atomic E-state index is 0.0104. The molecule has 27 heavy (non-hydrogen) atoms. The first-order valence-electron chi connectivity index (χ1n) is 9.35. The number of nitrogens with one attached hydrogen (secondary N) is 1. The molecule has 0 saturated heterocycles. The number of aromatic amines is 1. The van der Waals surface area contributed by atoms with E-state index in [1.54, 1.807) is 6.92 Å². The van der Waals surface area contributed by atoms with Gasteiger partial charge < -0.3 is 10.6 Å². The van der Waals surface area contributed by atoms with Crippen LogP contribution >= 0.6 is 0 Å². The lowest BCUT2D eigenvalue weighted by atomic mass is 9.85. The average molecular weight is 360 g/mol. The summed E-state index contributed by atoms with van der Waals surface area (Å²) >= 11 is 0. The fourth-order valence-electron chi connectivity index (χ4n) is 3.83. The van der Waals surface area contributed by atoms with Gasteiger partial charge in [0.2, 0.25) is 5.91 Å². The van der Waals surface area contributed by atoms with Crippen LogP contribution in [0.4, 0.5) is 0 Å². The number of fused-ring (bicyclic) bond motifs is 1. The zero-order valence-electron chi connectivity index (χ0n) is 15.4. The molecule has 0 spiro atoms. The van der Waals surface area contributed by atoms with E-state index in [0.717, 1.165) is 23.4 Å². The van der Waals surface area contributed by atoms with Gasteiger partial charge in [0.15, 0.2) is 0 Å². The maximum Gasteiger partial charge on any atom is 0.239 e. The number of amides is 1. The van der Waals surface area contributed by atoms with E-state index in [2.05, 4.69) is 53.6 Å². The molecule has 2 heterocycles. The Labute approximate surface area is 159 Å². The monoisotopic (exact) mass is 360 g/mol. The molecule has 0 bridgehead atoms. The molecule has 1 aliphatic rings. The average Bonchev–Trinajstić information content (AvgIpc) is 3.12. The molecule has 0 fully saturated rings. The van der Waals surface area contributed by atoms with E-state index in [1.807, 2.05) is 17.0 Å². The molecule has 4 rings (SSSR count). The Kier molecular flexibility index (Phi) is 4.77. The molecule has 1 aromatic heterocycles. The molecule has 0 radical (unpaired) electrons. The number of H-pyrrole nitrogens is 1. The number of hydrogen-bond donors (Lipinski definition) is 2. The van der Waals surface area contributed by atoms with Crippen LogP contribution in [0.15, 0.2) is 60.7 Å². The van der Waals surface area contributed by atoms with Gasteiger partial charge in [-0.2, -0.15) is 5.10 Å². The topological polar surface area (TPSA) is 75.0 Å². The Balaban J connectivity index is 1.77. The number of benzene rings is 2. The Bertz CT molecular complexity index is 879. The summed E-state index contributed by atoms with van der Waals surface area (Å²) in [7, 11) is 0. The van der Waals surface area contributed by atoms with Crippen LogP contribution in [0.2, 0.25) is 0 Å². The van der Waals surface area contributed by atoms with Gasteiger partial charge in [-0.25, -0.2) is 0 Å². The first-order valence-corrected chi connectivity index (χ1v) is 9.35. The predicted octanol–water partition coefficient (Wildman–Crippen LogP) is 2.82. The first-order chi connectivity index (χ1) is 13.1. The predicted molar refractivity (Wildman–Crippen MR) is 105 cm³/mol. The van der Waals surface area contributed by atoms with E-state index in [-0.39, 0.29) is 11.8 Å². The molecule has 2 aromatic carbocycles. The molecule has 0 saturated carbocycles. The van der Waals surface area contributed by atoms with Crippen molar-refractivity contribution in [3.63, 3.8) is 0 Å². The van der Waals surface area contributed by atoms with Crippen LogP contribution in [0.1, 0.15) is 40.9 Å². The number of rotatable bonds is 4. The standard InChI is InChI=1S/C22H24N4O/c1-15(23)22(27)26-13-12-19-18(14-26)21(25-24-19)20(16-8-4-2-5-9-16)17-10-6-3-7-11-17/h2-11,15,20H,12-14,23H2,1H3,(H,24,25)/t15-/m0/s1. The van der Waals surface area contributed by atoms with Gasteiger partial charge in [-0.3, -0.25) is 9.89 Å². The highest BCUT2D eigenvalue weighted by atomic mass is 16.2. The fourth-order valence-corrected chi connectivity index (χ4v) is 3.83. The maximum absolute atomic E-state index is 12.4. The molecular formula is C22H24N4O. The van der Waals surface area contributed by atoms with Crippen LogP contribution in [-0.2, 0) is 17.8 Å². The summed E-state index contributed by atoms with van der Waals surface area (Å²) in [6.07, 6.45) is 0.775. The smallest absolute Gasteiger partial charge is 0.239 e. The number of hydrogen-bond acceptors (Lipinski definition) is 3. The van der Waals surface area contributed by atoms with Crippen molar-refractivity contribution in [2.75, 3.05) is 6.54 Å². The molecular weight excluding hydrogens is 336 g/mol. The summed E-state index contributed by atoms with van der Waals surface area (Å²) in [4.78, 5) is 14.3. The number of aromatic nitrogens is 2. The molecule has 3 aromatic rings. The molecule has 1 amide bonds. The molecule has 1 aliphatic heterocycles. The van der Waals surface area contributed by atoms with Crippen molar-refractivity contribution in [1.29, 1.82) is 0 Å². The van der Waals surface area contributed by atoms with Crippen LogP contribution in [0, 0.1) is 0 Å². The first kappa shape index (κ1) is 17.5. The van der Waals surface area contributed by atoms with Gasteiger partial charge in [-0.05, 0) is 18.1 Å². The minimum atomic E-state index is -0.485. The summed E-state index contributed by atoms with van der Waals surface area (Å²) in [5, 5.41) is 7.91. The van der Waals surface area contributed by atoms with Crippen molar-refractivity contribution in [3.05, 3.63) is 88.7 Å². The second kappa shape index (κ2) is 7.37. The van der Waals surface area contributed by atoms with Crippen molar-refractivity contribution >= 4 is 5.91 Å². The third kappa shape index (κ3) is 3.38. The molecule has 3 N–H and O–H groups in total. The van der Waals surface area contributed by atoms with Gasteiger partial charge in [-0.15, -0.1) is 0 Å². The summed E-state index contributed by atoms with van der Waals surface area (Å²) in [6.45, 7) is 2.97. The van der Waals surface area contributed by atoms with Crippen molar-refractivity contribution in [1.82, 2.24) is 15.1 Å². The Hall–Kier alpha value is -2.92. The van der Waals surface area contributed by atoms with Crippen molar-refractivity contribution in [2.24, 2.45) is 5.73 Å². The molecule has 5 nitrogen and oxygen atoms in total. The lowest BCUT2D eigenvalue weighted by Gasteiger charge is -2.29. The van der Waals surface area contributed by atoms with Crippen molar-refractivity contribution < 1.29 is 4.79 Å². The fraction of sp³-hybridized carbons (Fsp3) is 0.273. The SMILES string of the molecule is C[C@H](N)C(=O)N1CCc2[nH]nc(C(c3ccccc3)c3ccccc3)c2C1. The van der Waals surface area contributed by atoms with Gasteiger partial charge >= 0.3 is 0 Å². The van der Waals surface area contributed by atoms with Crippen molar-refractivity contribution in [3.8, 4) is 0 Å². The van der Waals surface area contributed by atoms with Crippen LogP contribution in [0.3, 0.4) is 0 Å². The highest BCUT2D eigenvalue weighted by Crippen LogP contribution is 2.35. The van der Waals surface area contributed by atoms with E-state index in [4.69, 9.17) is 10.8 Å². The van der Waals surface area contributed by atoms with Crippen molar-refractivity contribution in [2.45, 2.75) is 31.8 Å². The van der Waals surface area contributed by atoms with E-state index in [9.17, 15) is 4.79 Å².